The van der Waals surface area contributed by atoms with E-state index in [0.717, 1.165) is 5.56 Å². The molecule has 6 nitrogen and oxygen atoms in total. The fraction of sp³-hybridized carbons (Fsp3) is 0.0588. The Labute approximate surface area is 149 Å². The summed E-state index contributed by atoms with van der Waals surface area (Å²) in [5.74, 6) is -0.263. The van der Waals surface area contributed by atoms with Crippen LogP contribution < -0.4 is 10.0 Å². The first-order chi connectivity index (χ1) is 12.0. The highest BCUT2D eigenvalue weighted by Crippen LogP contribution is 2.18. The SMILES string of the molecule is O=C(NCc1ccccc1)c1ccc(S(=O)(=O)Nc2nccs2)cc1. The average molecular weight is 373 g/mol. The van der Waals surface area contributed by atoms with E-state index in [0.29, 0.717) is 17.2 Å². The summed E-state index contributed by atoms with van der Waals surface area (Å²) < 4.78 is 26.9. The summed E-state index contributed by atoms with van der Waals surface area (Å²) in [5, 5.41) is 4.77. The number of anilines is 1. The minimum absolute atomic E-state index is 0.0716. The van der Waals surface area contributed by atoms with E-state index in [1.54, 1.807) is 5.38 Å². The summed E-state index contributed by atoms with van der Waals surface area (Å²) in [4.78, 5) is 16.1. The van der Waals surface area contributed by atoms with Crippen molar-refractivity contribution in [3.63, 3.8) is 0 Å². The van der Waals surface area contributed by atoms with Gasteiger partial charge in [0.15, 0.2) is 5.13 Å². The number of carbonyl (C=O) groups excluding carboxylic acids is 1. The quantitative estimate of drug-likeness (QED) is 0.695. The van der Waals surface area contributed by atoms with Crippen molar-refractivity contribution in [2.75, 3.05) is 4.72 Å². The lowest BCUT2D eigenvalue weighted by molar-refractivity contribution is 0.0951. The molecule has 8 heteroatoms. The fourth-order valence-electron chi connectivity index (χ4n) is 2.11. The minimum atomic E-state index is -3.71. The number of benzene rings is 2. The predicted octanol–water partition coefficient (Wildman–Crippen LogP) is 2.87. The number of hydrogen-bond donors (Lipinski definition) is 2. The van der Waals surface area contributed by atoms with Crippen LogP contribution in [-0.4, -0.2) is 19.3 Å². The van der Waals surface area contributed by atoms with Crippen LogP contribution in [0.1, 0.15) is 15.9 Å². The van der Waals surface area contributed by atoms with Crippen molar-refractivity contribution < 1.29 is 13.2 Å². The summed E-state index contributed by atoms with van der Waals surface area (Å²) in [6.07, 6.45) is 1.52. The molecule has 0 unspecified atom stereocenters. The maximum absolute atomic E-state index is 12.2. The largest absolute Gasteiger partial charge is 0.348 e. The number of thiazole rings is 1. The third-order valence-corrected chi connectivity index (χ3v) is 5.55. The molecule has 1 amide bonds. The van der Waals surface area contributed by atoms with Crippen LogP contribution >= 0.6 is 11.3 Å². The minimum Gasteiger partial charge on any atom is -0.348 e. The second kappa shape index (κ2) is 7.45. The maximum Gasteiger partial charge on any atom is 0.263 e. The first kappa shape index (κ1) is 17.1. The molecule has 0 atom stereocenters. The maximum atomic E-state index is 12.2. The predicted molar refractivity (Wildman–Crippen MR) is 97.0 cm³/mol. The summed E-state index contributed by atoms with van der Waals surface area (Å²) in [7, 11) is -3.71. The lowest BCUT2D eigenvalue weighted by atomic mass is 10.2. The first-order valence-corrected chi connectivity index (χ1v) is 9.75. The van der Waals surface area contributed by atoms with E-state index >= 15 is 0 Å². The lowest BCUT2D eigenvalue weighted by Crippen LogP contribution is -2.22. The molecule has 0 spiro atoms. The fourth-order valence-corrected chi connectivity index (χ4v) is 3.90. The first-order valence-electron chi connectivity index (χ1n) is 7.39. The van der Waals surface area contributed by atoms with Gasteiger partial charge in [-0.25, -0.2) is 13.4 Å². The van der Waals surface area contributed by atoms with Crippen molar-refractivity contribution in [1.29, 1.82) is 0 Å². The van der Waals surface area contributed by atoms with Crippen molar-refractivity contribution in [3.05, 3.63) is 77.3 Å². The van der Waals surface area contributed by atoms with Gasteiger partial charge < -0.3 is 5.32 Å². The van der Waals surface area contributed by atoms with Gasteiger partial charge in [-0.3, -0.25) is 9.52 Å². The molecule has 0 bridgehead atoms. The van der Waals surface area contributed by atoms with Crippen LogP contribution in [-0.2, 0) is 16.6 Å². The molecule has 128 valence electrons. The van der Waals surface area contributed by atoms with Crippen molar-refractivity contribution in [2.24, 2.45) is 0 Å². The summed E-state index contributed by atoms with van der Waals surface area (Å²) in [6, 6.07) is 15.3. The molecule has 0 radical (unpaired) electrons. The van der Waals surface area contributed by atoms with E-state index in [9.17, 15) is 13.2 Å². The van der Waals surface area contributed by atoms with Crippen LogP contribution in [0, 0.1) is 0 Å². The Hall–Kier alpha value is -2.71. The van der Waals surface area contributed by atoms with Crippen LogP contribution in [0.25, 0.3) is 0 Å². The van der Waals surface area contributed by atoms with Crippen molar-refractivity contribution in [2.45, 2.75) is 11.4 Å². The van der Waals surface area contributed by atoms with Gasteiger partial charge in [0, 0.05) is 23.7 Å². The number of aromatic nitrogens is 1. The van der Waals surface area contributed by atoms with Gasteiger partial charge in [0.1, 0.15) is 0 Å². The smallest absolute Gasteiger partial charge is 0.263 e. The summed E-state index contributed by atoms with van der Waals surface area (Å²) >= 11 is 1.19. The summed E-state index contributed by atoms with van der Waals surface area (Å²) in [6.45, 7) is 0.408. The van der Waals surface area contributed by atoms with E-state index < -0.39 is 10.0 Å². The van der Waals surface area contributed by atoms with E-state index in [4.69, 9.17) is 0 Å². The highest BCUT2D eigenvalue weighted by molar-refractivity contribution is 7.93. The third-order valence-electron chi connectivity index (χ3n) is 3.38. The monoisotopic (exact) mass is 373 g/mol. The Kier molecular flexibility index (Phi) is 5.11. The zero-order chi connectivity index (χ0) is 17.7. The zero-order valence-corrected chi connectivity index (χ0v) is 14.7. The van der Waals surface area contributed by atoms with Crippen molar-refractivity contribution >= 4 is 32.4 Å². The molecular weight excluding hydrogens is 358 g/mol. The number of sulfonamides is 1. The Morgan fingerprint density at radius 2 is 1.76 bits per heavy atom. The lowest BCUT2D eigenvalue weighted by Gasteiger charge is -2.08. The molecule has 1 aromatic heterocycles. The summed E-state index contributed by atoms with van der Waals surface area (Å²) in [5.41, 5.74) is 1.38. The molecule has 3 aromatic rings. The number of amides is 1. The molecule has 25 heavy (non-hydrogen) atoms. The standard InChI is InChI=1S/C17H15N3O3S2/c21-16(19-12-13-4-2-1-3-5-13)14-6-8-15(9-7-14)25(22,23)20-17-18-10-11-24-17/h1-11H,12H2,(H,18,20)(H,19,21). The number of nitrogens with zero attached hydrogens (tertiary/aromatic N) is 1. The molecule has 0 saturated heterocycles. The van der Waals surface area contributed by atoms with Gasteiger partial charge in [0.2, 0.25) is 0 Å². The normalized spacial score (nSPS) is 11.0. The van der Waals surface area contributed by atoms with Gasteiger partial charge in [-0.2, -0.15) is 0 Å². The zero-order valence-electron chi connectivity index (χ0n) is 13.0. The molecule has 2 N–H and O–H groups in total. The number of rotatable bonds is 6. The highest BCUT2D eigenvalue weighted by atomic mass is 32.2. The van der Waals surface area contributed by atoms with Crippen LogP contribution in [0.15, 0.2) is 71.1 Å². The molecule has 0 aliphatic rings. The van der Waals surface area contributed by atoms with Gasteiger partial charge >= 0.3 is 0 Å². The molecule has 0 saturated carbocycles. The third kappa shape index (κ3) is 4.43. The molecule has 0 aliphatic heterocycles. The van der Waals surface area contributed by atoms with Crippen molar-refractivity contribution in [3.8, 4) is 0 Å². The van der Waals surface area contributed by atoms with E-state index in [2.05, 4.69) is 15.0 Å². The van der Waals surface area contributed by atoms with E-state index in [1.807, 2.05) is 30.3 Å². The number of nitrogens with one attached hydrogen (secondary N) is 2. The highest BCUT2D eigenvalue weighted by Gasteiger charge is 2.16. The molecule has 0 aliphatic carbocycles. The number of carbonyl (C=O) groups is 1. The van der Waals surface area contributed by atoms with E-state index in [-0.39, 0.29) is 10.8 Å². The molecule has 1 heterocycles. The van der Waals surface area contributed by atoms with Gasteiger partial charge in [-0.1, -0.05) is 30.3 Å². The van der Waals surface area contributed by atoms with Crippen molar-refractivity contribution in [1.82, 2.24) is 10.3 Å². The Morgan fingerprint density at radius 1 is 1.04 bits per heavy atom. The van der Waals surface area contributed by atoms with E-state index in [1.165, 1.54) is 41.8 Å². The molecule has 0 fully saturated rings. The molecule has 3 rings (SSSR count). The van der Waals surface area contributed by atoms with Crippen LogP contribution in [0.4, 0.5) is 5.13 Å². The van der Waals surface area contributed by atoms with Gasteiger partial charge in [0.25, 0.3) is 15.9 Å². The second-order valence-electron chi connectivity index (χ2n) is 5.14. The molecular formula is C17H15N3O3S2. The Bertz CT molecular complexity index is 939. The van der Waals surface area contributed by atoms with Gasteiger partial charge in [-0.05, 0) is 29.8 Å². The Balaban J connectivity index is 1.66. The Morgan fingerprint density at radius 3 is 2.40 bits per heavy atom. The van der Waals surface area contributed by atoms with Crippen LogP contribution in [0.2, 0.25) is 0 Å². The molecule has 2 aromatic carbocycles. The average Bonchev–Trinajstić information content (AvgIpc) is 3.13. The van der Waals surface area contributed by atoms with Gasteiger partial charge in [-0.15, -0.1) is 11.3 Å². The van der Waals surface area contributed by atoms with Crippen LogP contribution in [0.3, 0.4) is 0 Å². The number of hydrogen-bond acceptors (Lipinski definition) is 5. The van der Waals surface area contributed by atoms with Gasteiger partial charge in [0.05, 0.1) is 4.90 Å². The second-order valence-corrected chi connectivity index (χ2v) is 7.71. The topological polar surface area (TPSA) is 88.2 Å². The van der Waals surface area contributed by atoms with Crippen LogP contribution in [0.5, 0.6) is 0 Å².